The minimum Gasteiger partial charge on any atom is -0.333 e. The first-order valence-electron chi connectivity index (χ1n) is 8.64. The van der Waals surface area contributed by atoms with E-state index in [2.05, 4.69) is 15.5 Å². The second-order valence-corrected chi connectivity index (χ2v) is 7.74. The van der Waals surface area contributed by atoms with Crippen LogP contribution in [0.2, 0.25) is 0 Å². The molecule has 2 aliphatic rings. The quantitative estimate of drug-likeness (QED) is 0.913. The number of nitrogens with zero attached hydrogens (tertiary/aromatic N) is 3. The maximum absolute atomic E-state index is 12.4. The highest BCUT2D eigenvalue weighted by Gasteiger charge is 2.40. The molecule has 25 heavy (non-hydrogen) atoms. The van der Waals surface area contributed by atoms with E-state index in [1.165, 1.54) is 11.3 Å². The van der Waals surface area contributed by atoms with Gasteiger partial charge in [0.15, 0.2) is 0 Å². The van der Waals surface area contributed by atoms with Crippen molar-refractivity contribution in [2.24, 2.45) is 5.92 Å². The number of aromatic nitrogens is 2. The van der Waals surface area contributed by atoms with Crippen molar-refractivity contribution in [3.05, 3.63) is 39.8 Å². The largest absolute Gasteiger partial charge is 0.333 e. The van der Waals surface area contributed by atoms with Crippen LogP contribution in [0.4, 0.5) is 5.69 Å². The van der Waals surface area contributed by atoms with Crippen molar-refractivity contribution in [1.29, 1.82) is 0 Å². The lowest BCUT2D eigenvalue weighted by Gasteiger charge is -2.22. The lowest BCUT2D eigenvalue weighted by molar-refractivity contribution is -0.133. The lowest BCUT2D eigenvalue weighted by Crippen LogP contribution is -2.31. The molecule has 7 heteroatoms. The second-order valence-electron chi connectivity index (χ2n) is 6.73. The molecule has 0 spiro atoms. The predicted octanol–water partition coefficient (Wildman–Crippen LogP) is 3.17. The van der Waals surface area contributed by atoms with Crippen LogP contribution in [0.5, 0.6) is 0 Å². The SMILES string of the molecule is Cc1ccc(NC(=O)c2nnc(C3CCCN3C(=O)C3CC3)s2)cc1. The molecule has 1 unspecified atom stereocenters. The maximum Gasteiger partial charge on any atom is 0.286 e. The summed E-state index contributed by atoms with van der Waals surface area (Å²) in [6.45, 7) is 2.78. The molecule has 1 N–H and O–H groups in total. The summed E-state index contributed by atoms with van der Waals surface area (Å²) in [4.78, 5) is 26.7. The molecule has 2 amide bonds. The van der Waals surface area contributed by atoms with Crippen molar-refractivity contribution in [1.82, 2.24) is 15.1 Å². The van der Waals surface area contributed by atoms with Crippen LogP contribution < -0.4 is 5.32 Å². The van der Waals surface area contributed by atoms with E-state index >= 15 is 0 Å². The smallest absolute Gasteiger partial charge is 0.286 e. The normalized spacial score (nSPS) is 19.9. The minimum absolute atomic E-state index is 0.0217. The molecule has 4 rings (SSSR count). The lowest BCUT2D eigenvalue weighted by atomic mass is 10.2. The average Bonchev–Trinajstić information content (AvgIpc) is 3.14. The van der Waals surface area contributed by atoms with Crippen molar-refractivity contribution in [2.75, 3.05) is 11.9 Å². The Morgan fingerprint density at radius 1 is 1.16 bits per heavy atom. The molecule has 1 atom stereocenters. The van der Waals surface area contributed by atoms with Gasteiger partial charge < -0.3 is 10.2 Å². The number of benzene rings is 1. The number of carbonyl (C=O) groups is 2. The summed E-state index contributed by atoms with van der Waals surface area (Å²) >= 11 is 1.29. The number of likely N-dealkylation sites (tertiary alicyclic amines) is 1. The number of anilines is 1. The van der Waals surface area contributed by atoms with E-state index in [0.29, 0.717) is 5.01 Å². The van der Waals surface area contributed by atoms with Crippen molar-refractivity contribution < 1.29 is 9.59 Å². The number of amides is 2. The number of rotatable bonds is 4. The molecule has 1 aliphatic heterocycles. The molecule has 1 saturated carbocycles. The summed E-state index contributed by atoms with van der Waals surface area (Å²) in [5.74, 6) is 0.187. The van der Waals surface area contributed by atoms with E-state index in [9.17, 15) is 9.59 Å². The summed E-state index contributed by atoms with van der Waals surface area (Å²) in [5.41, 5.74) is 1.87. The van der Waals surface area contributed by atoms with Crippen LogP contribution >= 0.6 is 11.3 Å². The Morgan fingerprint density at radius 2 is 1.92 bits per heavy atom. The van der Waals surface area contributed by atoms with Crippen molar-refractivity contribution in [2.45, 2.75) is 38.6 Å². The Hall–Kier alpha value is -2.28. The summed E-state index contributed by atoms with van der Waals surface area (Å²) in [5, 5.41) is 12.2. The Bertz CT molecular complexity index is 798. The van der Waals surface area contributed by atoms with Gasteiger partial charge in [0.25, 0.3) is 5.91 Å². The van der Waals surface area contributed by atoms with Crippen LogP contribution in [0.1, 0.15) is 52.1 Å². The van der Waals surface area contributed by atoms with Crippen LogP contribution in [0.15, 0.2) is 24.3 Å². The van der Waals surface area contributed by atoms with Gasteiger partial charge in [-0.05, 0) is 44.7 Å². The van der Waals surface area contributed by atoms with Gasteiger partial charge in [-0.1, -0.05) is 29.0 Å². The zero-order valence-electron chi connectivity index (χ0n) is 14.1. The molecule has 0 bridgehead atoms. The van der Waals surface area contributed by atoms with Gasteiger partial charge in [-0.2, -0.15) is 0 Å². The summed E-state index contributed by atoms with van der Waals surface area (Å²) in [6, 6.07) is 7.60. The first-order valence-corrected chi connectivity index (χ1v) is 9.45. The fraction of sp³-hybridized carbons (Fsp3) is 0.444. The molecule has 130 valence electrons. The van der Waals surface area contributed by atoms with Gasteiger partial charge in [0.2, 0.25) is 10.9 Å². The first-order chi connectivity index (χ1) is 12.1. The third-order valence-electron chi connectivity index (χ3n) is 4.69. The number of hydrogen-bond donors (Lipinski definition) is 1. The second kappa shape index (κ2) is 6.55. The third kappa shape index (κ3) is 3.42. The van der Waals surface area contributed by atoms with Gasteiger partial charge in [-0.15, -0.1) is 10.2 Å². The van der Waals surface area contributed by atoms with Crippen LogP contribution in [0.3, 0.4) is 0 Å². The van der Waals surface area contributed by atoms with Gasteiger partial charge in [-0.25, -0.2) is 0 Å². The average molecular weight is 356 g/mol. The maximum atomic E-state index is 12.4. The van der Waals surface area contributed by atoms with Crippen molar-refractivity contribution >= 4 is 28.8 Å². The van der Waals surface area contributed by atoms with Crippen LogP contribution in [0.25, 0.3) is 0 Å². The monoisotopic (exact) mass is 356 g/mol. The molecule has 0 radical (unpaired) electrons. The fourth-order valence-electron chi connectivity index (χ4n) is 3.13. The fourth-order valence-corrected chi connectivity index (χ4v) is 4.02. The van der Waals surface area contributed by atoms with Crippen molar-refractivity contribution in [3.8, 4) is 0 Å². The number of hydrogen-bond acceptors (Lipinski definition) is 5. The molecule has 2 heterocycles. The van der Waals surface area contributed by atoms with Gasteiger partial charge >= 0.3 is 0 Å². The highest BCUT2D eigenvalue weighted by Crippen LogP contribution is 2.39. The van der Waals surface area contributed by atoms with Gasteiger partial charge in [0.1, 0.15) is 5.01 Å². The molecule has 6 nitrogen and oxygen atoms in total. The van der Waals surface area contributed by atoms with Gasteiger partial charge in [0.05, 0.1) is 6.04 Å². The Kier molecular flexibility index (Phi) is 4.25. The molecular formula is C18H20N4O2S. The third-order valence-corrected chi connectivity index (χ3v) is 5.72. The summed E-state index contributed by atoms with van der Waals surface area (Å²) in [6.07, 6.45) is 3.88. The highest BCUT2D eigenvalue weighted by molar-refractivity contribution is 7.13. The van der Waals surface area contributed by atoms with E-state index in [1.807, 2.05) is 36.1 Å². The van der Waals surface area contributed by atoms with E-state index in [4.69, 9.17) is 0 Å². The number of nitrogens with one attached hydrogen (secondary N) is 1. The molecule has 1 saturated heterocycles. The Morgan fingerprint density at radius 3 is 2.64 bits per heavy atom. The Balaban J connectivity index is 1.46. The molecular weight excluding hydrogens is 336 g/mol. The number of carbonyl (C=O) groups excluding carboxylic acids is 2. The zero-order valence-corrected chi connectivity index (χ0v) is 14.9. The van der Waals surface area contributed by atoms with Gasteiger partial charge in [-0.3, -0.25) is 9.59 Å². The zero-order chi connectivity index (χ0) is 17.4. The summed E-state index contributed by atoms with van der Waals surface area (Å²) in [7, 11) is 0. The van der Waals surface area contributed by atoms with Crippen LogP contribution in [-0.4, -0.2) is 33.5 Å². The topological polar surface area (TPSA) is 75.2 Å². The molecule has 1 aromatic heterocycles. The molecule has 1 aromatic carbocycles. The highest BCUT2D eigenvalue weighted by atomic mass is 32.1. The van der Waals surface area contributed by atoms with Crippen LogP contribution in [-0.2, 0) is 4.79 Å². The molecule has 2 aromatic rings. The standard InChI is InChI=1S/C18H20N4O2S/c1-11-4-8-13(9-5-11)19-15(23)17-21-20-16(25-17)14-3-2-10-22(14)18(24)12-6-7-12/h4-5,8-9,12,14H,2-3,6-7,10H2,1H3,(H,19,23). The number of aryl methyl sites for hydroxylation is 1. The van der Waals surface area contributed by atoms with E-state index in [1.54, 1.807) is 0 Å². The Labute approximate surface area is 150 Å². The van der Waals surface area contributed by atoms with E-state index in [0.717, 1.165) is 48.5 Å². The van der Waals surface area contributed by atoms with Crippen molar-refractivity contribution in [3.63, 3.8) is 0 Å². The van der Waals surface area contributed by atoms with Gasteiger partial charge in [0, 0.05) is 18.2 Å². The minimum atomic E-state index is -0.259. The van der Waals surface area contributed by atoms with E-state index in [-0.39, 0.29) is 23.8 Å². The van der Waals surface area contributed by atoms with E-state index < -0.39 is 0 Å². The molecule has 1 aliphatic carbocycles. The molecule has 2 fully saturated rings. The first kappa shape index (κ1) is 16.2. The predicted molar refractivity (Wildman–Crippen MR) is 95.5 cm³/mol. The van der Waals surface area contributed by atoms with Crippen LogP contribution in [0, 0.1) is 12.8 Å². The summed E-state index contributed by atoms with van der Waals surface area (Å²) < 4.78 is 0.